The lowest BCUT2D eigenvalue weighted by Crippen LogP contribution is -2.33. The van der Waals surface area contributed by atoms with Gasteiger partial charge in [0, 0.05) is 11.7 Å². The minimum Gasteiger partial charge on any atom is -0.398 e. The molecule has 0 aliphatic heterocycles. The van der Waals surface area contributed by atoms with Gasteiger partial charge in [-0.3, -0.25) is 4.79 Å². The number of nitrogen functional groups attached to an aromatic ring is 1. The van der Waals surface area contributed by atoms with E-state index in [0.717, 1.165) is 18.4 Å². The molecule has 0 atom stereocenters. The van der Waals surface area contributed by atoms with Gasteiger partial charge < -0.3 is 11.1 Å². The standard InChI is InChI=1S/C13H18N2O/c1-9-5-4-8-11(14)12(9)13(16)15-10-6-2-3-7-10/h4-5,8,10H,2-3,6-7,14H2,1H3,(H,15,16). The molecule has 1 aromatic carbocycles. The van der Waals surface area contributed by atoms with E-state index in [9.17, 15) is 4.79 Å². The molecule has 0 radical (unpaired) electrons. The minimum atomic E-state index is -0.0255. The summed E-state index contributed by atoms with van der Waals surface area (Å²) in [6, 6.07) is 5.90. The van der Waals surface area contributed by atoms with Crippen LogP contribution in [0.5, 0.6) is 0 Å². The molecule has 1 amide bonds. The van der Waals surface area contributed by atoms with Gasteiger partial charge >= 0.3 is 0 Å². The van der Waals surface area contributed by atoms with Crippen LogP contribution in [0.1, 0.15) is 41.6 Å². The average molecular weight is 218 g/mol. The molecule has 3 heteroatoms. The van der Waals surface area contributed by atoms with Crippen molar-refractivity contribution in [2.75, 3.05) is 5.73 Å². The summed E-state index contributed by atoms with van der Waals surface area (Å²) in [5.74, 6) is -0.0255. The molecular formula is C13H18N2O. The van der Waals surface area contributed by atoms with Gasteiger partial charge in [-0.05, 0) is 31.4 Å². The molecule has 0 bridgehead atoms. The summed E-state index contributed by atoms with van der Waals surface area (Å²) < 4.78 is 0. The van der Waals surface area contributed by atoms with Gasteiger partial charge in [-0.2, -0.15) is 0 Å². The Morgan fingerprint density at radius 3 is 2.69 bits per heavy atom. The maximum atomic E-state index is 12.1. The summed E-state index contributed by atoms with van der Waals surface area (Å²) in [7, 11) is 0. The van der Waals surface area contributed by atoms with Gasteiger partial charge in [-0.25, -0.2) is 0 Å². The molecule has 2 rings (SSSR count). The SMILES string of the molecule is Cc1cccc(N)c1C(=O)NC1CCCC1. The van der Waals surface area contributed by atoms with Crippen molar-refractivity contribution in [1.82, 2.24) is 5.32 Å². The summed E-state index contributed by atoms with van der Waals surface area (Å²) in [5.41, 5.74) is 7.97. The van der Waals surface area contributed by atoms with E-state index in [4.69, 9.17) is 5.73 Å². The van der Waals surface area contributed by atoms with Gasteiger partial charge in [0.05, 0.1) is 5.56 Å². The Morgan fingerprint density at radius 1 is 1.38 bits per heavy atom. The predicted octanol–water partition coefficient (Wildman–Crippen LogP) is 2.25. The number of rotatable bonds is 2. The van der Waals surface area contributed by atoms with E-state index in [1.807, 2.05) is 19.1 Å². The molecule has 0 heterocycles. The molecule has 3 N–H and O–H groups in total. The monoisotopic (exact) mass is 218 g/mol. The van der Waals surface area contributed by atoms with E-state index >= 15 is 0 Å². The second-order valence-electron chi connectivity index (χ2n) is 4.49. The number of aryl methyl sites for hydroxylation is 1. The van der Waals surface area contributed by atoms with E-state index in [1.54, 1.807) is 6.07 Å². The van der Waals surface area contributed by atoms with Crippen molar-refractivity contribution >= 4 is 11.6 Å². The molecule has 0 spiro atoms. The summed E-state index contributed by atoms with van der Waals surface area (Å²) >= 11 is 0. The fourth-order valence-electron chi connectivity index (χ4n) is 2.33. The highest BCUT2D eigenvalue weighted by Gasteiger charge is 2.19. The number of amides is 1. The second kappa shape index (κ2) is 4.56. The number of hydrogen-bond acceptors (Lipinski definition) is 2. The van der Waals surface area contributed by atoms with Crippen LogP contribution in [0.25, 0.3) is 0 Å². The third kappa shape index (κ3) is 2.18. The molecular weight excluding hydrogens is 200 g/mol. The third-order valence-corrected chi connectivity index (χ3v) is 3.22. The Balaban J connectivity index is 2.13. The number of nitrogens with one attached hydrogen (secondary N) is 1. The Kier molecular flexibility index (Phi) is 3.13. The Morgan fingerprint density at radius 2 is 2.06 bits per heavy atom. The Bertz CT molecular complexity index is 375. The first-order chi connectivity index (χ1) is 7.68. The smallest absolute Gasteiger partial charge is 0.253 e. The maximum Gasteiger partial charge on any atom is 0.253 e. The van der Waals surface area contributed by atoms with Gasteiger partial charge in [-0.1, -0.05) is 25.0 Å². The van der Waals surface area contributed by atoms with Crippen LogP contribution in [-0.2, 0) is 0 Å². The zero-order chi connectivity index (χ0) is 11.5. The largest absolute Gasteiger partial charge is 0.398 e. The minimum absolute atomic E-state index is 0.0255. The van der Waals surface area contributed by atoms with Gasteiger partial charge in [0.1, 0.15) is 0 Å². The summed E-state index contributed by atoms with van der Waals surface area (Å²) in [6.45, 7) is 1.92. The van der Waals surface area contributed by atoms with Crippen molar-refractivity contribution in [3.05, 3.63) is 29.3 Å². The molecule has 86 valence electrons. The molecule has 1 aliphatic rings. The summed E-state index contributed by atoms with van der Waals surface area (Å²) in [5, 5.41) is 3.06. The van der Waals surface area contributed by atoms with E-state index in [-0.39, 0.29) is 5.91 Å². The number of anilines is 1. The average Bonchev–Trinajstić information content (AvgIpc) is 2.70. The van der Waals surface area contributed by atoms with Gasteiger partial charge in [-0.15, -0.1) is 0 Å². The molecule has 0 saturated heterocycles. The van der Waals surface area contributed by atoms with Crippen molar-refractivity contribution in [2.24, 2.45) is 0 Å². The highest BCUT2D eigenvalue weighted by molar-refractivity contribution is 6.00. The second-order valence-corrected chi connectivity index (χ2v) is 4.49. The number of benzene rings is 1. The van der Waals surface area contributed by atoms with Crippen LogP contribution in [0, 0.1) is 6.92 Å². The Labute approximate surface area is 96.0 Å². The molecule has 16 heavy (non-hydrogen) atoms. The normalized spacial score (nSPS) is 16.3. The van der Waals surface area contributed by atoms with Gasteiger partial charge in [0.2, 0.25) is 0 Å². The lowest BCUT2D eigenvalue weighted by atomic mass is 10.1. The van der Waals surface area contributed by atoms with Gasteiger partial charge in [0.25, 0.3) is 5.91 Å². The van der Waals surface area contributed by atoms with Crippen LogP contribution < -0.4 is 11.1 Å². The zero-order valence-corrected chi connectivity index (χ0v) is 9.62. The van der Waals surface area contributed by atoms with E-state index < -0.39 is 0 Å². The number of carbonyl (C=O) groups excluding carboxylic acids is 1. The third-order valence-electron chi connectivity index (χ3n) is 3.22. The first kappa shape index (κ1) is 11.0. The van der Waals surface area contributed by atoms with Crippen LogP contribution in [0.15, 0.2) is 18.2 Å². The molecule has 0 aromatic heterocycles. The molecule has 0 unspecified atom stereocenters. The maximum absolute atomic E-state index is 12.1. The quantitative estimate of drug-likeness (QED) is 0.748. The lowest BCUT2D eigenvalue weighted by Gasteiger charge is -2.14. The number of nitrogens with two attached hydrogens (primary N) is 1. The van der Waals surface area contributed by atoms with Gasteiger partial charge in [0.15, 0.2) is 0 Å². The van der Waals surface area contributed by atoms with Crippen molar-refractivity contribution in [3.8, 4) is 0 Å². The number of hydrogen-bond donors (Lipinski definition) is 2. The summed E-state index contributed by atoms with van der Waals surface area (Å²) in [6.07, 6.45) is 4.62. The summed E-state index contributed by atoms with van der Waals surface area (Å²) in [4.78, 5) is 12.1. The lowest BCUT2D eigenvalue weighted by molar-refractivity contribution is 0.0938. The van der Waals surface area contributed by atoms with Crippen LogP contribution in [-0.4, -0.2) is 11.9 Å². The van der Waals surface area contributed by atoms with E-state index in [2.05, 4.69) is 5.32 Å². The van der Waals surface area contributed by atoms with Crippen LogP contribution in [0.3, 0.4) is 0 Å². The van der Waals surface area contributed by atoms with Crippen molar-refractivity contribution in [1.29, 1.82) is 0 Å². The molecule has 1 saturated carbocycles. The van der Waals surface area contributed by atoms with Crippen LogP contribution in [0.4, 0.5) is 5.69 Å². The topological polar surface area (TPSA) is 55.1 Å². The first-order valence-electron chi connectivity index (χ1n) is 5.84. The highest BCUT2D eigenvalue weighted by atomic mass is 16.1. The van der Waals surface area contributed by atoms with E-state index in [0.29, 0.717) is 17.3 Å². The molecule has 1 fully saturated rings. The van der Waals surface area contributed by atoms with E-state index in [1.165, 1.54) is 12.8 Å². The van der Waals surface area contributed by atoms with Crippen LogP contribution in [0.2, 0.25) is 0 Å². The molecule has 3 nitrogen and oxygen atoms in total. The first-order valence-corrected chi connectivity index (χ1v) is 5.84. The van der Waals surface area contributed by atoms with Crippen molar-refractivity contribution in [3.63, 3.8) is 0 Å². The van der Waals surface area contributed by atoms with Crippen molar-refractivity contribution in [2.45, 2.75) is 38.6 Å². The molecule has 1 aromatic rings. The number of carbonyl (C=O) groups is 1. The fraction of sp³-hybridized carbons (Fsp3) is 0.462. The molecule has 1 aliphatic carbocycles. The zero-order valence-electron chi connectivity index (χ0n) is 9.62. The van der Waals surface area contributed by atoms with Crippen LogP contribution >= 0.6 is 0 Å². The highest BCUT2D eigenvalue weighted by Crippen LogP contribution is 2.20. The fourth-order valence-corrected chi connectivity index (χ4v) is 2.33. The predicted molar refractivity (Wildman–Crippen MR) is 65.3 cm³/mol. The Hall–Kier alpha value is -1.51. The van der Waals surface area contributed by atoms with Crippen molar-refractivity contribution < 1.29 is 4.79 Å².